The van der Waals surface area contributed by atoms with E-state index in [9.17, 15) is 9.59 Å². The Hall–Kier alpha value is -0.100. The third-order valence-corrected chi connectivity index (χ3v) is 2.80. The van der Waals surface area contributed by atoms with E-state index in [-0.39, 0.29) is 6.42 Å². The van der Waals surface area contributed by atoms with Crippen molar-refractivity contribution in [3.8, 4) is 0 Å². The van der Waals surface area contributed by atoms with E-state index in [4.69, 9.17) is 5.11 Å². The molecule has 0 spiro atoms. The minimum Gasteiger partial charge on any atom is -0.480 e. The van der Waals surface area contributed by atoms with Gasteiger partial charge >= 0.3 is 11.9 Å². The zero-order chi connectivity index (χ0) is 10.6. The number of hydrogen-bond donors (Lipinski definition) is 1. The lowest BCUT2D eigenvalue weighted by molar-refractivity contribution is -0.143. The molecule has 0 rings (SSSR count). The Morgan fingerprint density at radius 2 is 2.08 bits per heavy atom. The fourth-order valence-corrected chi connectivity index (χ4v) is 2.29. The van der Waals surface area contributed by atoms with Crippen LogP contribution in [0.25, 0.3) is 0 Å². The normalized spacial score (nSPS) is 17.2. The van der Waals surface area contributed by atoms with Gasteiger partial charge in [-0.1, -0.05) is 31.9 Å². The highest BCUT2D eigenvalue weighted by Gasteiger charge is 2.35. The number of alkyl halides is 2. The monoisotopic (exact) mass is 316 g/mol. The molecule has 0 saturated carbocycles. The van der Waals surface area contributed by atoms with Gasteiger partial charge in [0.25, 0.3) is 0 Å². The predicted octanol–water partition coefficient (Wildman–Crippen LogP) is 1.55. The second-order valence-corrected chi connectivity index (χ2v) is 5.55. The van der Waals surface area contributed by atoms with Crippen LogP contribution in [0.5, 0.6) is 0 Å². The van der Waals surface area contributed by atoms with Crippen molar-refractivity contribution in [1.29, 1.82) is 0 Å². The van der Waals surface area contributed by atoms with E-state index >= 15 is 0 Å². The molecule has 4 nitrogen and oxygen atoms in total. The fourth-order valence-electron chi connectivity index (χ4n) is 0.720. The van der Waals surface area contributed by atoms with Crippen LogP contribution in [-0.4, -0.2) is 33.3 Å². The van der Waals surface area contributed by atoms with Crippen LogP contribution in [0.15, 0.2) is 0 Å². The van der Waals surface area contributed by atoms with E-state index in [0.29, 0.717) is 0 Å². The van der Waals surface area contributed by atoms with Gasteiger partial charge in [-0.3, -0.25) is 9.59 Å². The maximum Gasteiger partial charge on any atom is 0.322 e. The molecule has 2 unspecified atom stereocenters. The van der Waals surface area contributed by atoms with Crippen molar-refractivity contribution < 1.29 is 19.4 Å². The van der Waals surface area contributed by atoms with Gasteiger partial charge in [-0.05, 0) is 13.3 Å². The third kappa shape index (κ3) is 4.08. The van der Waals surface area contributed by atoms with Gasteiger partial charge in [0.1, 0.15) is 9.15 Å². The average molecular weight is 318 g/mol. The van der Waals surface area contributed by atoms with Crippen LogP contribution in [0.4, 0.5) is 0 Å². The van der Waals surface area contributed by atoms with Gasteiger partial charge in [0.2, 0.25) is 0 Å². The number of carbonyl (C=O) groups excluding carboxylic acids is 1. The summed E-state index contributed by atoms with van der Waals surface area (Å²) in [6.07, 6.45) is 0.120. The van der Waals surface area contributed by atoms with E-state index < -0.39 is 21.1 Å². The number of aliphatic carboxylic acids is 1. The summed E-state index contributed by atoms with van der Waals surface area (Å²) in [6, 6.07) is 0. The molecule has 0 bridgehead atoms. The summed E-state index contributed by atoms with van der Waals surface area (Å²) in [6.45, 7) is 1.57. The van der Waals surface area contributed by atoms with Crippen LogP contribution in [-0.2, 0) is 14.3 Å². The first-order chi connectivity index (χ1) is 5.81. The fraction of sp³-hybridized carbons (Fsp3) is 0.714. The summed E-state index contributed by atoms with van der Waals surface area (Å²) in [5, 5.41) is 8.58. The van der Waals surface area contributed by atoms with E-state index in [1.807, 2.05) is 0 Å². The summed E-state index contributed by atoms with van der Waals surface area (Å²) in [5.41, 5.74) is 0. The van der Waals surface area contributed by atoms with Crippen LogP contribution < -0.4 is 0 Å². The van der Waals surface area contributed by atoms with Crippen molar-refractivity contribution >= 4 is 43.8 Å². The SMILES string of the molecule is COC(=O)C(C)(Br)CC(Br)C(=O)O. The molecular formula is C7H10Br2O4. The van der Waals surface area contributed by atoms with Crippen molar-refractivity contribution in [3.05, 3.63) is 0 Å². The minimum absolute atomic E-state index is 0.120. The number of halogens is 2. The minimum atomic E-state index is -1.01. The first-order valence-corrected chi connectivity index (χ1v) is 5.16. The first-order valence-electron chi connectivity index (χ1n) is 3.45. The van der Waals surface area contributed by atoms with Crippen molar-refractivity contribution in [2.24, 2.45) is 0 Å². The largest absolute Gasteiger partial charge is 0.480 e. The lowest BCUT2D eigenvalue weighted by atomic mass is 10.1. The molecule has 76 valence electrons. The molecule has 0 saturated heterocycles. The molecule has 0 aromatic carbocycles. The first kappa shape index (κ1) is 12.9. The molecule has 2 atom stereocenters. The van der Waals surface area contributed by atoms with Crippen LogP contribution in [0.2, 0.25) is 0 Å². The average Bonchev–Trinajstić information content (AvgIpc) is 2.01. The number of carbonyl (C=O) groups is 2. The summed E-state index contributed by atoms with van der Waals surface area (Å²) in [7, 11) is 1.26. The maximum atomic E-state index is 11.1. The molecule has 13 heavy (non-hydrogen) atoms. The number of methoxy groups -OCH3 is 1. The van der Waals surface area contributed by atoms with Crippen molar-refractivity contribution in [1.82, 2.24) is 0 Å². The van der Waals surface area contributed by atoms with E-state index in [0.717, 1.165) is 0 Å². The van der Waals surface area contributed by atoms with Gasteiger partial charge < -0.3 is 9.84 Å². The Kier molecular flexibility index (Phi) is 4.91. The highest BCUT2D eigenvalue weighted by atomic mass is 79.9. The molecule has 0 aliphatic carbocycles. The Morgan fingerprint density at radius 3 is 2.38 bits per heavy atom. The van der Waals surface area contributed by atoms with Crippen LogP contribution >= 0.6 is 31.9 Å². The van der Waals surface area contributed by atoms with E-state index in [1.165, 1.54) is 7.11 Å². The Labute approximate surface area is 92.9 Å². The van der Waals surface area contributed by atoms with Crippen molar-refractivity contribution in [2.45, 2.75) is 22.5 Å². The third-order valence-electron chi connectivity index (χ3n) is 1.44. The summed E-state index contributed by atoms with van der Waals surface area (Å²) in [5.74, 6) is -1.49. The molecule has 0 aliphatic heterocycles. The molecular weight excluding hydrogens is 308 g/mol. The number of hydrogen-bond acceptors (Lipinski definition) is 3. The predicted molar refractivity (Wildman–Crippen MR) is 54.3 cm³/mol. The zero-order valence-electron chi connectivity index (χ0n) is 7.21. The molecule has 0 aromatic heterocycles. The molecule has 0 amide bonds. The second kappa shape index (κ2) is 4.95. The lowest BCUT2D eigenvalue weighted by Gasteiger charge is -2.20. The van der Waals surface area contributed by atoms with Crippen LogP contribution in [0.1, 0.15) is 13.3 Å². The molecule has 0 aromatic rings. The van der Waals surface area contributed by atoms with Crippen molar-refractivity contribution in [3.63, 3.8) is 0 Å². The van der Waals surface area contributed by atoms with Gasteiger partial charge in [0.15, 0.2) is 0 Å². The molecule has 0 heterocycles. The molecule has 0 radical (unpaired) electrons. The Morgan fingerprint density at radius 1 is 1.62 bits per heavy atom. The Balaban J connectivity index is 4.32. The maximum absolute atomic E-state index is 11.1. The van der Waals surface area contributed by atoms with Gasteiger partial charge in [0, 0.05) is 0 Å². The number of carboxylic acids is 1. The van der Waals surface area contributed by atoms with Crippen LogP contribution in [0, 0.1) is 0 Å². The topological polar surface area (TPSA) is 63.6 Å². The number of rotatable bonds is 4. The van der Waals surface area contributed by atoms with Gasteiger partial charge in [0.05, 0.1) is 7.11 Å². The number of esters is 1. The number of ether oxygens (including phenoxy) is 1. The molecule has 0 fully saturated rings. The van der Waals surface area contributed by atoms with Gasteiger partial charge in [-0.25, -0.2) is 0 Å². The summed E-state index contributed by atoms with van der Waals surface area (Å²) in [4.78, 5) is 20.8. The smallest absolute Gasteiger partial charge is 0.322 e. The van der Waals surface area contributed by atoms with Crippen LogP contribution in [0.3, 0.4) is 0 Å². The molecule has 6 heteroatoms. The summed E-state index contributed by atoms with van der Waals surface area (Å²) >= 11 is 6.05. The zero-order valence-corrected chi connectivity index (χ0v) is 10.4. The molecule has 1 N–H and O–H groups in total. The van der Waals surface area contributed by atoms with E-state index in [2.05, 4.69) is 36.6 Å². The second-order valence-electron chi connectivity index (χ2n) is 2.70. The van der Waals surface area contributed by atoms with E-state index in [1.54, 1.807) is 6.92 Å². The van der Waals surface area contributed by atoms with Gasteiger partial charge in [-0.2, -0.15) is 0 Å². The van der Waals surface area contributed by atoms with Crippen molar-refractivity contribution in [2.75, 3.05) is 7.11 Å². The standard InChI is InChI=1S/C7H10Br2O4/c1-7(9,6(12)13-2)3-4(8)5(10)11/h4H,3H2,1-2H3,(H,10,11). The summed E-state index contributed by atoms with van der Waals surface area (Å²) < 4.78 is 3.53. The quantitative estimate of drug-likeness (QED) is 0.631. The Bertz CT molecular complexity index is 215. The lowest BCUT2D eigenvalue weighted by Crippen LogP contribution is -2.34. The van der Waals surface area contributed by atoms with Gasteiger partial charge in [-0.15, -0.1) is 0 Å². The number of carboxylic acid groups (broad SMARTS) is 1. The highest BCUT2D eigenvalue weighted by Crippen LogP contribution is 2.27. The highest BCUT2D eigenvalue weighted by molar-refractivity contribution is 9.10. The molecule has 0 aliphatic rings.